The van der Waals surface area contributed by atoms with E-state index in [0.717, 1.165) is 6.07 Å². The van der Waals surface area contributed by atoms with Crippen LogP contribution in [0.15, 0.2) is 30.3 Å². The molecule has 0 unspecified atom stereocenters. The van der Waals surface area contributed by atoms with Crippen LogP contribution in [0.1, 0.15) is 36.5 Å². The number of carbonyl (C=O) groups is 1. The fraction of sp³-hybridized carbons (Fsp3) is 0.286. The Morgan fingerprint density at radius 2 is 2.06 bits per heavy atom. The van der Waals surface area contributed by atoms with Crippen LogP contribution in [0.4, 0.5) is 13.2 Å². The van der Waals surface area contributed by atoms with E-state index < -0.39 is 29.0 Å². The number of amides is 1. The molecule has 0 aliphatic rings. The Kier molecular flexibility index (Phi) is 5.87. The van der Waals surface area contributed by atoms with Gasteiger partial charge < -0.3 is 10.1 Å². The van der Waals surface area contributed by atoms with Gasteiger partial charge in [0.1, 0.15) is 10.8 Å². The standard InChI is InChI=1S/C21H18ClF3N4O2/c1-5-20(3,6-2)27-19(30)17-16(22)18-26-14(12-8-7-9-13(10-12)31-4)11-15(21(23,24)25)29(18)28-17/h1,7-11H,6H2,2-4H3,(H,27,30)/t20-/m0/s1. The number of aromatic nitrogens is 3. The van der Waals surface area contributed by atoms with Gasteiger partial charge in [0.05, 0.1) is 18.3 Å². The highest BCUT2D eigenvalue weighted by molar-refractivity contribution is 6.36. The topological polar surface area (TPSA) is 68.5 Å². The lowest BCUT2D eigenvalue weighted by molar-refractivity contribution is -0.142. The van der Waals surface area contributed by atoms with Crippen LogP contribution in [0.5, 0.6) is 5.75 Å². The minimum atomic E-state index is -4.78. The van der Waals surface area contributed by atoms with Crippen molar-refractivity contribution in [1.82, 2.24) is 19.9 Å². The van der Waals surface area contributed by atoms with Crippen molar-refractivity contribution in [2.45, 2.75) is 32.0 Å². The van der Waals surface area contributed by atoms with Gasteiger partial charge in [0.25, 0.3) is 5.91 Å². The van der Waals surface area contributed by atoms with Crippen molar-refractivity contribution in [2.75, 3.05) is 7.11 Å². The number of hydrogen-bond donors (Lipinski definition) is 1. The molecule has 2 aromatic heterocycles. The van der Waals surface area contributed by atoms with Crippen LogP contribution in [0.25, 0.3) is 16.9 Å². The maximum absolute atomic E-state index is 13.8. The zero-order valence-corrected chi connectivity index (χ0v) is 17.6. The van der Waals surface area contributed by atoms with Gasteiger partial charge in [0.15, 0.2) is 17.0 Å². The molecular formula is C21H18ClF3N4O2. The van der Waals surface area contributed by atoms with Gasteiger partial charge in [-0.1, -0.05) is 36.6 Å². The molecule has 3 rings (SSSR count). The molecule has 10 heteroatoms. The first-order valence-corrected chi connectivity index (χ1v) is 9.52. The summed E-state index contributed by atoms with van der Waals surface area (Å²) in [6.45, 7) is 3.37. The van der Waals surface area contributed by atoms with Crippen LogP contribution in [-0.2, 0) is 6.18 Å². The van der Waals surface area contributed by atoms with E-state index in [1.807, 2.05) is 0 Å². The summed E-state index contributed by atoms with van der Waals surface area (Å²) in [7, 11) is 1.44. The van der Waals surface area contributed by atoms with Crippen LogP contribution >= 0.6 is 11.6 Å². The van der Waals surface area contributed by atoms with E-state index >= 15 is 0 Å². The largest absolute Gasteiger partial charge is 0.497 e. The van der Waals surface area contributed by atoms with E-state index in [-0.39, 0.29) is 16.4 Å². The number of nitrogens with zero attached hydrogens (tertiary/aromatic N) is 3. The van der Waals surface area contributed by atoms with E-state index in [4.69, 9.17) is 22.8 Å². The Morgan fingerprint density at radius 1 is 1.35 bits per heavy atom. The normalized spacial score (nSPS) is 13.5. The molecule has 162 valence electrons. The maximum atomic E-state index is 13.8. The number of nitrogens with one attached hydrogen (secondary N) is 1. The van der Waals surface area contributed by atoms with Gasteiger partial charge in [0, 0.05) is 5.56 Å². The molecule has 0 fully saturated rings. The second-order valence-electron chi connectivity index (χ2n) is 6.94. The van der Waals surface area contributed by atoms with Crippen molar-refractivity contribution < 1.29 is 22.7 Å². The number of carbonyl (C=O) groups excluding carboxylic acids is 1. The highest BCUT2D eigenvalue weighted by atomic mass is 35.5. The molecule has 0 saturated carbocycles. The Hall–Kier alpha value is -3.25. The molecule has 6 nitrogen and oxygen atoms in total. The predicted octanol–water partition coefficient (Wildman–Crippen LogP) is 4.61. The van der Waals surface area contributed by atoms with Crippen LogP contribution < -0.4 is 10.1 Å². The fourth-order valence-electron chi connectivity index (χ4n) is 2.81. The maximum Gasteiger partial charge on any atom is 0.433 e. The molecule has 2 heterocycles. The highest BCUT2D eigenvalue weighted by Crippen LogP contribution is 2.35. The smallest absolute Gasteiger partial charge is 0.433 e. The number of fused-ring (bicyclic) bond motifs is 1. The van der Waals surface area contributed by atoms with E-state index in [1.54, 1.807) is 32.0 Å². The lowest BCUT2D eigenvalue weighted by Crippen LogP contribution is -2.44. The Bertz CT molecular complexity index is 1200. The number of ether oxygens (including phenoxy) is 1. The monoisotopic (exact) mass is 450 g/mol. The SMILES string of the molecule is C#C[C@@](C)(CC)NC(=O)c1nn2c(C(F)(F)F)cc(-c3cccc(OC)c3)nc2c1Cl. The summed E-state index contributed by atoms with van der Waals surface area (Å²) in [6, 6.07) is 7.23. The summed E-state index contributed by atoms with van der Waals surface area (Å²) in [5.74, 6) is 2.09. The summed E-state index contributed by atoms with van der Waals surface area (Å²) in [6.07, 6.45) is 1.06. The third kappa shape index (κ3) is 4.30. The van der Waals surface area contributed by atoms with Gasteiger partial charge >= 0.3 is 6.18 Å². The second kappa shape index (κ2) is 8.12. The third-order valence-electron chi connectivity index (χ3n) is 4.82. The average molecular weight is 451 g/mol. The van der Waals surface area contributed by atoms with E-state index in [9.17, 15) is 18.0 Å². The summed E-state index contributed by atoms with van der Waals surface area (Å²) in [5, 5.41) is 6.05. The van der Waals surface area contributed by atoms with Crippen LogP contribution in [0.3, 0.4) is 0 Å². The summed E-state index contributed by atoms with van der Waals surface area (Å²) in [4.78, 5) is 16.9. The molecule has 1 amide bonds. The Morgan fingerprint density at radius 3 is 2.65 bits per heavy atom. The van der Waals surface area contributed by atoms with Gasteiger partial charge in [-0.2, -0.15) is 18.3 Å². The molecule has 0 spiro atoms. The molecule has 0 bridgehead atoms. The molecule has 31 heavy (non-hydrogen) atoms. The second-order valence-corrected chi connectivity index (χ2v) is 7.32. The average Bonchev–Trinajstić information content (AvgIpc) is 3.09. The lowest BCUT2D eigenvalue weighted by atomic mass is 10.0. The highest BCUT2D eigenvalue weighted by Gasteiger charge is 2.37. The minimum Gasteiger partial charge on any atom is -0.497 e. The Balaban J connectivity index is 2.21. The number of hydrogen-bond acceptors (Lipinski definition) is 4. The van der Waals surface area contributed by atoms with E-state index in [0.29, 0.717) is 22.2 Å². The predicted molar refractivity (Wildman–Crippen MR) is 110 cm³/mol. The number of alkyl halides is 3. The van der Waals surface area contributed by atoms with Crippen LogP contribution in [0, 0.1) is 12.3 Å². The number of rotatable bonds is 5. The number of benzene rings is 1. The molecule has 0 aliphatic carbocycles. The number of terminal acetylenes is 1. The molecular weight excluding hydrogens is 433 g/mol. The van der Waals surface area contributed by atoms with Crippen LogP contribution in [0.2, 0.25) is 5.02 Å². The van der Waals surface area contributed by atoms with Gasteiger partial charge in [-0.3, -0.25) is 4.79 Å². The zero-order valence-electron chi connectivity index (χ0n) is 16.8. The lowest BCUT2D eigenvalue weighted by Gasteiger charge is -2.22. The molecule has 0 radical (unpaired) electrons. The van der Waals surface area contributed by atoms with Gasteiger partial charge in [-0.05, 0) is 31.5 Å². The first-order valence-electron chi connectivity index (χ1n) is 9.14. The van der Waals surface area contributed by atoms with Crippen molar-refractivity contribution in [3.63, 3.8) is 0 Å². The first kappa shape index (κ1) is 22.4. The van der Waals surface area contributed by atoms with Gasteiger partial charge in [-0.25, -0.2) is 9.50 Å². The quantitative estimate of drug-likeness (QED) is 0.576. The fourth-order valence-corrected chi connectivity index (χ4v) is 3.05. The zero-order chi connectivity index (χ0) is 23.0. The summed E-state index contributed by atoms with van der Waals surface area (Å²) < 4.78 is 47.0. The summed E-state index contributed by atoms with van der Waals surface area (Å²) >= 11 is 6.26. The van der Waals surface area contributed by atoms with Crippen molar-refractivity contribution in [1.29, 1.82) is 0 Å². The third-order valence-corrected chi connectivity index (χ3v) is 5.17. The van der Waals surface area contributed by atoms with Gasteiger partial charge in [-0.15, -0.1) is 6.42 Å². The van der Waals surface area contributed by atoms with Crippen molar-refractivity contribution in [3.05, 3.63) is 46.7 Å². The van der Waals surface area contributed by atoms with E-state index in [1.165, 1.54) is 13.2 Å². The minimum absolute atomic E-state index is 0.00509. The molecule has 1 atom stereocenters. The number of halogens is 4. The molecule has 1 N–H and O–H groups in total. The summed E-state index contributed by atoms with van der Waals surface area (Å²) in [5.41, 5.74) is -2.49. The molecule has 0 aliphatic heterocycles. The molecule has 0 saturated heterocycles. The van der Waals surface area contributed by atoms with Crippen LogP contribution in [-0.4, -0.2) is 33.2 Å². The molecule has 1 aromatic carbocycles. The van der Waals surface area contributed by atoms with Crippen molar-refractivity contribution >= 4 is 23.2 Å². The number of methoxy groups -OCH3 is 1. The van der Waals surface area contributed by atoms with Crippen molar-refractivity contribution in [3.8, 4) is 29.4 Å². The first-order chi connectivity index (χ1) is 14.5. The van der Waals surface area contributed by atoms with E-state index in [2.05, 4.69) is 21.3 Å². The van der Waals surface area contributed by atoms with Crippen molar-refractivity contribution in [2.24, 2.45) is 0 Å². The molecule has 3 aromatic rings. The van der Waals surface area contributed by atoms with Gasteiger partial charge in [0.2, 0.25) is 0 Å². The Labute approximate surface area is 181 Å².